The zero-order chi connectivity index (χ0) is 14.3. The summed E-state index contributed by atoms with van der Waals surface area (Å²) in [5.74, 6) is 0.704. The van der Waals surface area contributed by atoms with E-state index in [2.05, 4.69) is 16.5 Å². The van der Waals surface area contributed by atoms with E-state index < -0.39 is 6.10 Å². The molecule has 0 radical (unpaired) electrons. The molecule has 1 aliphatic rings. The van der Waals surface area contributed by atoms with Crippen molar-refractivity contribution in [1.82, 2.24) is 9.55 Å². The van der Waals surface area contributed by atoms with Crippen LogP contribution in [0.1, 0.15) is 38.6 Å². The van der Waals surface area contributed by atoms with Gasteiger partial charge in [0.15, 0.2) is 0 Å². The van der Waals surface area contributed by atoms with Crippen LogP contribution in [-0.2, 0) is 10.3 Å². The van der Waals surface area contributed by atoms with Crippen molar-refractivity contribution in [3.63, 3.8) is 0 Å². The number of anilines is 1. The monoisotopic (exact) mass is 275 g/mol. The molecule has 108 valence electrons. The molecule has 0 amide bonds. The predicted molar refractivity (Wildman–Crippen MR) is 78.5 cm³/mol. The van der Waals surface area contributed by atoms with Crippen LogP contribution in [-0.4, -0.2) is 27.9 Å². The van der Waals surface area contributed by atoms with Gasteiger partial charge in [-0.3, -0.25) is 0 Å². The van der Waals surface area contributed by atoms with E-state index in [0.29, 0.717) is 11.5 Å². The summed E-state index contributed by atoms with van der Waals surface area (Å²) in [6.07, 6.45) is 1.23. The number of hydrogen-bond donors (Lipinski definition) is 2. The van der Waals surface area contributed by atoms with E-state index in [1.807, 2.05) is 18.2 Å². The standard InChI is InChI=1S/C15H21N3O2/c1-10(19)14-17-12-9-11(16)3-4-13(12)18(14)15(2)5-7-20-8-6-15/h3-4,9-10,19H,5-8,16H2,1-2H3. The number of nitrogen functional groups attached to an aromatic ring is 1. The quantitative estimate of drug-likeness (QED) is 0.824. The summed E-state index contributed by atoms with van der Waals surface area (Å²) in [5.41, 5.74) is 8.32. The summed E-state index contributed by atoms with van der Waals surface area (Å²) in [6.45, 7) is 5.44. The van der Waals surface area contributed by atoms with Gasteiger partial charge in [0, 0.05) is 24.4 Å². The number of rotatable bonds is 2. The van der Waals surface area contributed by atoms with Gasteiger partial charge >= 0.3 is 0 Å². The highest BCUT2D eigenvalue weighted by Gasteiger charge is 2.33. The van der Waals surface area contributed by atoms with Gasteiger partial charge in [-0.15, -0.1) is 0 Å². The van der Waals surface area contributed by atoms with Crippen molar-refractivity contribution in [2.45, 2.75) is 38.3 Å². The molecule has 5 heteroatoms. The number of aliphatic hydroxyl groups is 1. The van der Waals surface area contributed by atoms with Gasteiger partial charge in [-0.25, -0.2) is 4.98 Å². The molecule has 3 rings (SSSR count). The van der Waals surface area contributed by atoms with E-state index in [1.54, 1.807) is 6.92 Å². The Balaban J connectivity index is 2.23. The molecule has 0 aliphatic carbocycles. The topological polar surface area (TPSA) is 73.3 Å². The van der Waals surface area contributed by atoms with Crippen molar-refractivity contribution in [3.8, 4) is 0 Å². The maximum atomic E-state index is 10.1. The lowest BCUT2D eigenvalue weighted by Crippen LogP contribution is -2.38. The Morgan fingerprint density at radius 1 is 1.40 bits per heavy atom. The molecule has 5 nitrogen and oxygen atoms in total. The fourth-order valence-electron chi connectivity index (χ4n) is 3.00. The average molecular weight is 275 g/mol. The van der Waals surface area contributed by atoms with Gasteiger partial charge in [0.25, 0.3) is 0 Å². The summed E-state index contributed by atoms with van der Waals surface area (Å²) < 4.78 is 7.65. The number of fused-ring (bicyclic) bond motifs is 1. The van der Waals surface area contributed by atoms with Crippen LogP contribution in [0.5, 0.6) is 0 Å². The van der Waals surface area contributed by atoms with Gasteiger partial charge in [-0.2, -0.15) is 0 Å². The second-order valence-electron chi connectivity index (χ2n) is 5.84. The second-order valence-corrected chi connectivity index (χ2v) is 5.84. The Morgan fingerprint density at radius 2 is 2.10 bits per heavy atom. The van der Waals surface area contributed by atoms with Crippen LogP contribution in [0.25, 0.3) is 11.0 Å². The maximum absolute atomic E-state index is 10.1. The maximum Gasteiger partial charge on any atom is 0.139 e. The first kappa shape index (κ1) is 13.4. The molecule has 20 heavy (non-hydrogen) atoms. The largest absolute Gasteiger partial charge is 0.399 e. The molecule has 3 N–H and O–H groups in total. The van der Waals surface area contributed by atoms with Crippen LogP contribution in [0.4, 0.5) is 5.69 Å². The Hall–Kier alpha value is -1.59. The van der Waals surface area contributed by atoms with Gasteiger partial charge in [0.2, 0.25) is 0 Å². The SMILES string of the molecule is CC(O)c1nc2cc(N)ccc2n1C1(C)CCOCC1. The molecule has 1 aromatic carbocycles. The third kappa shape index (κ3) is 2.07. The number of imidazole rings is 1. The lowest BCUT2D eigenvalue weighted by atomic mass is 9.91. The molecule has 1 unspecified atom stereocenters. The molecule has 0 saturated carbocycles. The first-order valence-electron chi connectivity index (χ1n) is 7.05. The Bertz CT molecular complexity index is 627. The van der Waals surface area contributed by atoms with Gasteiger partial charge in [0.1, 0.15) is 11.9 Å². The lowest BCUT2D eigenvalue weighted by molar-refractivity contribution is 0.0268. The molecule has 1 fully saturated rings. The highest BCUT2D eigenvalue weighted by Crippen LogP contribution is 2.35. The third-order valence-corrected chi connectivity index (χ3v) is 4.19. The molecule has 1 aliphatic heterocycles. The number of benzene rings is 1. The van der Waals surface area contributed by atoms with E-state index in [4.69, 9.17) is 10.5 Å². The molecule has 0 bridgehead atoms. The average Bonchev–Trinajstić information content (AvgIpc) is 2.79. The van der Waals surface area contributed by atoms with E-state index in [9.17, 15) is 5.11 Å². The van der Waals surface area contributed by atoms with Crippen LogP contribution in [0, 0.1) is 0 Å². The van der Waals surface area contributed by atoms with Crippen LogP contribution in [0.3, 0.4) is 0 Å². The van der Waals surface area contributed by atoms with Crippen LogP contribution >= 0.6 is 0 Å². The minimum absolute atomic E-state index is 0.0740. The van der Waals surface area contributed by atoms with Gasteiger partial charge < -0.3 is 20.1 Å². The summed E-state index contributed by atoms with van der Waals surface area (Å²) >= 11 is 0. The van der Waals surface area contributed by atoms with Crippen LogP contribution < -0.4 is 5.73 Å². The van der Waals surface area contributed by atoms with Gasteiger partial charge in [0.05, 0.1) is 11.0 Å². The molecule has 2 heterocycles. The molecular weight excluding hydrogens is 254 g/mol. The summed E-state index contributed by atoms with van der Waals surface area (Å²) in [5, 5.41) is 10.1. The fourth-order valence-corrected chi connectivity index (χ4v) is 3.00. The normalized spacial score (nSPS) is 20.1. The smallest absolute Gasteiger partial charge is 0.139 e. The summed E-state index contributed by atoms with van der Waals surface area (Å²) in [4.78, 5) is 4.59. The minimum atomic E-state index is -0.608. The van der Waals surface area contributed by atoms with Crippen molar-refractivity contribution < 1.29 is 9.84 Å². The fraction of sp³-hybridized carbons (Fsp3) is 0.533. The van der Waals surface area contributed by atoms with Crippen molar-refractivity contribution in [1.29, 1.82) is 0 Å². The van der Waals surface area contributed by atoms with Crippen LogP contribution in [0.15, 0.2) is 18.2 Å². The number of ether oxygens (including phenoxy) is 1. The summed E-state index contributed by atoms with van der Waals surface area (Å²) in [7, 11) is 0. The van der Waals surface area contributed by atoms with E-state index in [-0.39, 0.29) is 5.54 Å². The van der Waals surface area contributed by atoms with E-state index in [0.717, 1.165) is 37.1 Å². The van der Waals surface area contributed by atoms with Crippen molar-refractivity contribution >= 4 is 16.7 Å². The lowest BCUT2D eigenvalue weighted by Gasteiger charge is -2.37. The van der Waals surface area contributed by atoms with Gasteiger partial charge in [-0.05, 0) is 44.9 Å². The molecular formula is C15H21N3O2. The first-order chi connectivity index (χ1) is 9.51. The highest BCUT2D eigenvalue weighted by atomic mass is 16.5. The molecule has 1 saturated heterocycles. The molecule has 1 atom stereocenters. The Morgan fingerprint density at radius 3 is 2.75 bits per heavy atom. The molecule has 1 aromatic heterocycles. The highest BCUT2D eigenvalue weighted by molar-refractivity contribution is 5.80. The Labute approximate surface area is 118 Å². The zero-order valence-electron chi connectivity index (χ0n) is 12.0. The third-order valence-electron chi connectivity index (χ3n) is 4.19. The molecule has 0 spiro atoms. The second kappa shape index (κ2) is 4.75. The van der Waals surface area contributed by atoms with Crippen LogP contribution in [0.2, 0.25) is 0 Å². The molecule has 2 aromatic rings. The van der Waals surface area contributed by atoms with E-state index >= 15 is 0 Å². The van der Waals surface area contributed by atoms with E-state index in [1.165, 1.54) is 0 Å². The van der Waals surface area contributed by atoms with Crippen molar-refractivity contribution in [2.24, 2.45) is 0 Å². The number of hydrogen-bond acceptors (Lipinski definition) is 4. The number of nitrogens with two attached hydrogens (primary N) is 1. The minimum Gasteiger partial charge on any atom is -0.399 e. The van der Waals surface area contributed by atoms with Crippen molar-refractivity contribution in [3.05, 3.63) is 24.0 Å². The Kier molecular flexibility index (Phi) is 3.18. The zero-order valence-corrected chi connectivity index (χ0v) is 12.0. The van der Waals surface area contributed by atoms with Gasteiger partial charge in [-0.1, -0.05) is 0 Å². The predicted octanol–water partition coefficient (Wildman–Crippen LogP) is 2.20. The number of aliphatic hydroxyl groups excluding tert-OH is 1. The first-order valence-corrected chi connectivity index (χ1v) is 7.05. The number of nitrogens with zero attached hydrogens (tertiary/aromatic N) is 2. The number of aromatic nitrogens is 2. The summed E-state index contributed by atoms with van der Waals surface area (Å²) in [6, 6.07) is 5.74. The van der Waals surface area contributed by atoms with Crippen molar-refractivity contribution in [2.75, 3.05) is 18.9 Å².